The highest BCUT2D eigenvalue weighted by Gasteiger charge is 2.34. The summed E-state index contributed by atoms with van der Waals surface area (Å²) in [7, 11) is 1.61. The average Bonchev–Trinajstić information content (AvgIpc) is 3.13. The predicted octanol–water partition coefficient (Wildman–Crippen LogP) is 1.40. The zero-order valence-electron chi connectivity index (χ0n) is 12.7. The highest BCUT2D eigenvalue weighted by atomic mass is 16.5. The summed E-state index contributed by atoms with van der Waals surface area (Å²) in [6.07, 6.45) is -0.631. The van der Waals surface area contributed by atoms with Crippen molar-refractivity contribution in [1.82, 2.24) is 9.88 Å². The van der Waals surface area contributed by atoms with E-state index in [1.165, 1.54) is 0 Å². The maximum atomic E-state index is 12.7. The molecule has 0 spiro atoms. The number of ether oxygens (including phenoxy) is 2. The number of benzene rings is 1. The van der Waals surface area contributed by atoms with E-state index in [2.05, 4.69) is 4.98 Å². The molecule has 1 aromatic heterocycles. The van der Waals surface area contributed by atoms with Crippen molar-refractivity contribution in [3.63, 3.8) is 0 Å². The summed E-state index contributed by atoms with van der Waals surface area (Å²) in [6, 6.07) is 7.13. The van der Waals surface area contributed by atoms with Crippen molar-refractivity contribution in [2.45, 2.75) is 19.1 Å². The van der Waals surface area contributed by atoms with Gasteiger partial charge in [-0.25, -0.2) is 0 Å². The maximum absolute atomic E-state index is 12.7. The summed E-state index contributed by atoms with van der Waals surface area (Å²) in [5, 5.41) is 10.9. The largest absolute Gasteiger partial charge is 0.497 e. The molecule has 1 saturated heterocycles. The number of H-pyrrole nitrogens is 1. The third kappa shape index (κ3) is 2.55. The summed E-state index contributed by atoms with van der Waals surface area (Å²) in [5.74, 6) is 0.615. The second kappa shape index (κ2) is 5.98. The number of carbonyl (C=O) groups excluding carboxylic acids is 1. The Balaban J connectivity index is 1.90. The van der Waals surface area contributed by atoms with E-state index in [1.807, 2.05) is 31.2 Å². The van der Waals surface area contributed by atoms with E-state index in [4.69, 9.17) is 9.47 Å². The van der Waals surface area contributed by atoms with Gasteiger partial charge in [0, 0.05) is 17.4 Å². The molecule has 2 N–H and O–H groups in total. The monoisotopic (exact) mass is 304 g/mol. The van der Waals surface area contributed by atoms with Crippen molar-refractivity contribution in [3.8, 4) is 5.75 Å². The first-order valence-corrected chi connectivity index (χ1v) is 7.37. The molecule has 0 unspecified atom stereocenters. The molecule has 2 heterocycles. The lowest BCUT2D eigenvalue weighted by molar-refractivity contribution is 0.0516. The van der Waals surface area contributed by atoms with Crippen LogP contribution in [0, 0.1) is 0 Å². The van der Waals surface area contributed by atoms with Gasteiger partial charge >= 0.3 is 0 Å². The number of rotatable bonds is 4. The van der Waals surface area contributed by atoms with Gasteiger partial charge in [0.15, 0.2) is 0 Å². The molecule has 1 aliphatic rings. The lowest BCUT2D eigenvalue weighted by atomic mass is 10.1. The molecule has 1 amide bonds. The highest BCUT2D eigenvalue weighted by Crippen LogP contribution is 2.23. The first-order chi connectivity index (χ1) is 10.6. The summed E-state index contributed by atoms with van der Waals surface area (Å²) in [5.41, 5.74) is 1.38. The van der Waals surface area contributed by atoms with Crippen LogP contribution in [0.4, 0.5) is 0 Å². The van der Waals surface area contributed by atoms with Crippen molar-refractivity contribution in [2.75, 3.05) is 26.9 Å². The molecule has 0 radical (unpaired) electrons. The number of aromatic nitrogens is 1. The molecule has 2 atom stereocenters. The number of hydrogen-bond donors (Lipinski definition) is 2. The zero-order chi connectivity index (χ0) is 15.7. The van der Waals surface area contributed by atoms with Crippen molar-refractivity contribution in [2.24, 2.45) is 0 Å². The smallest absolute Gasteiger partial charge is 0.270 e. The summed E-state index contributed by atoms with van der Waals surface area (Å²) in [4.78, 5) is 17.5. The fraction of sp³-hybridized carbons (Fsp3) is 0.438. The van der Waals surface area contributed by atoms with E-state index in [9.17, 15) is 9.90 Å². The van der Waals surface area contributed by atoms with Gasteiger partial charge in [-0.15, -0.1) is 0 Å². The van der Waals surface area contributed by atoms with Crippen molar-refractivity contribution >= 4 is 16.8 Å². The molecule has 1 fully saturated rings. The van der Waals surface area contributed by atoms with Crippen LogP contribution in [0.1, 0.15) is 17.4 Å². The van der Waals surface area contributed by atoms with Gasteiger partial charge in [-0.3, -0.25) is 4.79 Å². The minimum atomic E-state index is -0.631. The van der Waals surface area contributed by atoms with Gasteiger partial charge in [-0.2, -0.15) is 0 Å². The lowest BCUT2D eigenvalue weighted by Gasteiger charge is -2.28. The van der Waals surface area contributed by atoms with Gasteiger partial charge in [-0.05, 0) is 31.2 Å². The quantitative estimate of drug-likeness (QED) is 0.895. The minimum Gasteiger partial charge on any atom is -0.497 e. The maximum Gasteiger partial charge on any atom is 0.270 e. The molecule has 1 aliphatic heterocycles. The molecule has 22 heavy (non-hydrogen) atoms. The van der Waals surface area contributed by atoms with Crippen molar-refractivity contribution < 1.29 is 19.4 Å². The molecular formula is C16H20N2O4. The molecule has 3 rings (SSSR count). The van der Waals surface area contributed by atoms with E-state index in [0.717, 1.165) is 16.7 Å². The average molecular weight is 304 g/mol. The zero-order valence-corrected chi connectivity index (χ0v) is 12.7. The number of likely N-dealkylation sites (N-methyl/N-ethyl adjacent to an activating group) is 1. The number of carbonyl (C=O) groups is 1. The van der Waals surface area contributed by atoms with Gasteiger partial charge in [0.05, 0.1) is 32.5 Å². The molecule has 1 aromatic carbocycles. The molecule has 0 bridgehead atoms. The Morgan fingerprint density at radius 3 is 2.91 bits per heavy atom. The summed E-state index contributed by atoms with van der Waals surface area (Å²) in [6.45, 7) is 3.06. The normalized spacial score (nSPS) is 21.2. The van der Waals surface area contributed by atoms with E-state index >= 15 is 0 Å². The second-order valence-electron chi connectivity index (χ2n) is 5.40. The molecule has 0 aliphatic carbocycles. The molecule has 6 heteroatoms. The van der Waals surface area contributed by atoms with Crippen LogP contribution in [0.5, 0.6) is 5.75 Å². The topological polar surface area (TPSA) is 74.8 Å². The number of nitrogens with one attached hydrogen (secondary N) is 1. The Labute approximate surface area is 128 Å². The third-order valence-corrected chi connectivity index (χ3v) is 4.08. The Hall–Kier alpha value is -2.05. The first-order valence-electron chi connectivity index (χ1n) is 7.37. The standard InChI is InChI=1S/C16H20N2O4/c1-3-18(14-8-22-9-15(14)19)16(20)13-7-10-6-11(21-2)4-5-12(10)17-13/h4-7,14-15,17,19H,3,8-9H2,1-2H3/t14-,15-/m1/s1. The van der Waals surface area contributed by atoms with Crippen LogP contribution >= 0.6 is 0 Å². The van der Waals surface area contributed by atoms with Crippen LogP contribution in [-0.2, 0) is 4.74 Å². The number of aliphatic hydroxyl groups is 1. The molecule has 2 aromatic rings. The highest BCUT2D eigenvalue weighted by molar-refractivity contribution is 5.98. The summed E-state index contributed by atoms with van der Waals surface area (Å²) < 4.78 is 10.5. The number of methoxy groups -OCH3 is 1. The van der Waals surface area contributed by atoms with Crippen LogP contribution in [0.25, 0.3) is 10.9 Å². The van der Waals surface area contributed by atoms with Gasteiger partial charge < -0.3 is 24.5 Å². The lowest BCUT2D eigenvalue weighted by Crippen LogP contribution is -2.46. The Morgan fingerprint density at radius 2 is 2.27 bits per heavy atom. The predicted molar refractivity (Wildman–Crippen MR) is 82.2 cm³/mol. The fourth-order valence-corrected chi connectivity index (χ4v) is 2.87. The summed E-state index contributed by atoms with van der Waals surface area (Å²) >= 11 is 0. The Kier molecular flexibility index (Phi) is 4.04. The molecule has 118 valence electrons. The molecular weight excluding hydrogens is 284 g/mol. The molecule has 0 saturated carbocycles. The number of amides is 1. The first kappa shape index (κ1) is 14.9. The number of fused-ring (bicyclic) bond motifs is 1. The van der Waals surface area contributed by atoms with Crippen LogP contribution in [0.15, 0.2) is 24.3 Å². The molecule has 6 nitrogen and oxygen atoms in total. The van der Waals surface area contributed by atoms with Crippen LogP contribution in [0.2, 0.25) is 0 Å². The van der Waals surface area contributed by atoms with Crippen LogP contribution in [-0.4, -0.2) is 59.9 Å². The van der Waals surface area contributed by atoms with Crippen LogP contribution in [0.3, 0.4) is 0 Å². The second-order valence-corrected chi connectivity index (χ2v) is 5.40. The van der Waals surface area contributed by atoms with E-state index in [-0.39, 0.29) is 18.6 Å². The van der Waals surface area contributed by atoms with Gasteiger partial charge in [0.1, 0.15) is 11.4 Å². The van der Waals surface area contributed by atoms with Crippen molar-refractivity contribution in [3.05, 3.63) is 30.0 Å². The minimum absolute atomic E-state index is 0.132. The van der Waals surface area contributed by atoms with E-state index in [1.54, 1.807) is 12.0 Å². The number of hydrogen-bond acceptors (Lipinski definition) is 4. The third-order valence-electron chi connectivity index (χ3n) is 4.08. The van der Waals surface area contributed by atoms with E-state index < -0.39 is 6.10 Å². The Morgan fingerprint density at radius 1 is 1.45 bits per heavy atom. The Bertz CT molecular complexity index is 682. The SMILES string of the molecule is CCN(C(=O)c1cc2cc(OC)ccc2[nH]1)[C@@H]1COC[C@H]1O. The van der Waals surface area contributed by atoms with Gasteiger partial charge in [0.2, 0.25) is 0 Å². The van der Waals surface area contributed by atoms with E-state index in [0.29, 0.717) is 18.8 Å². The van der Waals surface area contributed by atoms with Crippen LogP contribution < -0.4 is 4.74 Å². The number of nitrogens with zero attached hydrogens (tertiary/aromatic N) is 1. The van der Waals surface area contributed by atoms with Gasteiger partial charge in [-0.1, -0.05) is 0 Å². The van der Waals surface area contributed by atoms with Gasteiger partial charge in [0.25, 0.3) is 5.91 Å². The number of aromatic amines is 1. The van der Waals surface area contributed by atoms with Crippen molar-refractivity contribution in [1.29, 1.82) is 0 Å². The fourth-order valence-electron chi connectivity index (χ4n) is 2.87. The number of aliphatic hydroxyl groups excluding tert-OH is 1.